The van der Waals surface area contributed by atoms with Crippen molar-refractivity contribution in [3.05, 3.63) is 59.7 Å². The van der Waals surface area contributed by atoms with Gasteiger partial charge in [0.1, 0.15) is 11.6 Å². The van der Waals surface area contributed by atoms with Crippen molar-refractivity contribution in [2.75, 3.05) is 5.32 Å². The van der Waals surface area contributed by atoms with Crippen LogP contribution in [0, 0.1) is 12.8 Å². The highest BCUT2D eigenvalue weighted by Gasteiger charge is 2.32. The van der Waals surface area contributed by atoms with Gasteiger partial charge in [-0.3, -0.25) is 9.59 Å². The number of amides is 1. The van der Waals surface area contributed by atoms with Crippen molar-refractivity contribution in [1.82, 2.24) is 4.72 Å². The molecule has 7 nitrogen and oxygen atoms in total. The van der Waals surface area contributed by atoms with Gasteiger partial charge in [0.15, 0.2) is 0 Å². The third-order valence-corrected chi connectivity index (χ3v) is 5.80. The van der Waals surface area contributed by atoms with Crippen molar-refractivity contribution in [3.63, 3.8) is 0 Å². The van der Waals surface area contributed by atoms with Gasteiger partial charge < -0.3 is 10.1 Å². The van der Waals surface area contributed by atoms with Gasteiger partial charge in [0.25, 0.3) is 5.91 Å². The van der Waals surface area contributed by atoms with E-state index >= 15 is 0 Å². The van der Waals surface area contributed by atoms with E-state index in [1.165, 1.54) is 24.3 Å². The zero-order chi connectivity index (χ0) is 23.4. The maximum absolute atomic E-state index is 12.8. The Labute approximate surface area is 184 Å². The molecule has 0 aliphatic rings. The number of hydrogen-bond donors (Lipinski definition) is 2. The van der Waals surface area contributed by atoms with Crippen molar-refractivity contribution >= 4 is 27.6 Å². The third kappa shape index (κ3) is 7.18. The van der Waals surface area contributed by atoms with E-state index in [1.807, 2.05) is 19.1 Å². The van der Waals surface area contributed by atoms with Crippen LogP contribution < -0.4 is 10.0 Å². The summed E-state index contributed by atoms with van der Waals surface area (Å²) in [5.74, 6) is -1.23. The monoisotopic (exact) mass is 446 g/mol. The molecule has 0 saturated carbocycles. The molecule has 1 amide bonds. The number of carbonyl (C=O) groups is 2. The van der Waals surface area contributed by atoms with E-state index in [4.69, 9.17) is 4.74 Å². The summed E-state index contributed by atoms with van der Waals surface area (Å²) in [5.41, 5.74) is 1.27. The molecular formula is C23H30N2O5S. The van der Waals surface area contributed by atoms with Gasteiger partial charge in [0.2, 0.25) is 10.0 Å². The first kappa shape index (κ1) is 24.6. The summed E-state index contributed by atoms with van der Waals surface area (Å²) < 4.78 is 33.4. The lowest BCUT2D eigenvalue weighted by molar-refractivity contribution is -0.158. The Morgan fingerprint density at radius 1 is 0.935 bits per heavy atom. The fraction of sp³-hybridized carbons (Fsp3) is 0.391. The van der Waals surface area contributed by atoms with Crippen LogP contribution in [0.3, 0.4) is 0 Å². The third-order valence-electron chi connectivity index (χ3n) is 4.35. The maximum atomic E-state index is 12.8. The molecule has 1 atom stereocenters. The Morgan fingerprint density at radius 2 is 1.48 bits per heavy atom. The SMILES string of the molecule is Cc1ccc(C(=O)Nc2ccc(S(=O)(=O)NC(C(=O)OC(C)(C)C)C(C)C)cc2)cc1. The number of aryl methyl sites for hydroxylation is 1. The quantitative estimate of drug-likeness (QED) is 0.628. The molecule has 0 aliphatic carbocycles. The number of rotatable bonds is 7. The highest BCUT2D eigenvalue weighted by atomic mass is 32.2. The van der Waals surface area contributed by atoms with Gasteiger partial charge in [-0.1, -0.05) is 31.5 Å². The Hall–Kier alpha value is -2.71. The second kappa shape index (κ2) is 9.62. The number of ether oxygens (including phenoxy) is 1. The van der Waals surface area contributed by atoms with Gasteiger partial charge in [0.05, 0.1) is 4.90 Å². The highest BCUT2D eigenvalue weighted by Crippen LogP contribution is 2.18. The number of sulfonamides is 1. The second-order valence-electron chi connectivity index (χ2n) is 8.72. The van der Waals surface area contributed by atoms with Gasteiger partial charge in [-0.15, -0.1) is 0 Å². The molecule has 0 aliphatic heterocycles. The van der Waals surface area contributed by atoms with E-state index in [0.29, 0.717) is 11.3 Å². The zero-order valence-corrected chi connectivity index (χ0v) is 19.5. The zero-order valence-electron chi connectivity index (χ0n) is 18.7. The summed E-state index contributed by atoms with van der Waals surface area (Å²) in [5, 5.41) is 2.73. The molecule has 0 fully saturated rings. The van der Waals surface area contributed by atoms with Crippen LogP contribution in [0.25, 0.3) is 0 Å². The van der Waals surface area contributed by atoms with Crippen LogP contribution in [-0.2, 0) is 19.6 Å². The number of carbonyl (C=O) groups excluding carboxylic acids is 2. The van der Waals surface area contributed by atoms with E-state index in [2.05, 4.69) is 10.0 Å². The smallest absolute Gasteiger partial charge is 0.324 e. The fourth-order valence-electron chi connectivity index (χ4n) is 2.68. The molecule has 2 aromatic rings. The first-order valence-electron chi connectivity index (χ1n) is 10.0. The first-order valence-corrected chi connectivity index (χ1v) is 11.5. The van der Waals surface area contributed by atoms with Crippen molar-refractivity contribution in [3.8, 4) is 0 Å². The Balaban J connectivity index is 2.13. The lowest BCUT2D eigenvalue weighted by Crippen LogP contribution is -2.47. The van der Waals surface area contributed by atoms with Crippen molar-refractivity contribution in [1.29, 1.82) is 0 Å². The first-order chi connectivity index (χ1) is 14.3. The molecule has 1 unspecified atom stereocenters. The maximum Gasteiger partial charge on any atom is 0.324 e. The normalized spacial score (nSPS) is 13.0. The van der Waals surface area contributed by atoms with Gasteiger partial charge in [-0.05, 0) is 70.0 Å². The van der Waals surface area contributed by atoms with Gasteiger partial charge >= 0.3 is 5.97 Å². The van der Waals surface area contributed by atoms with Crippen LogP contribution in [0.1, 0.15) is 50.5 Å². The van der Waals surface area contributed by atoms with E-state index in [0.717, 1.165) is 5.56 Å². The van der Waals surface area contributed by atoms with E-state index in [1.54, 1.807) is 46.8 Å². The summed E-state index contributed by atoms with van der Waals surface area (Å²) in [4.78, 5) is 24.7. The predicted octanol–water partition coefficient (Wildman–Crippen LogP) is 3.89. The van der Waals surface area contributed by atoms with E-state index in [9.17, 15) is 18.0 Å². The second-order valence-corrected chi connectivity index (χ2v) is 10.4. The van der Waals surface area contributed by atoms with Crippen LogP contribution in [0.2, 0.25) is 0 Å². The van der Waals surface area contributed by atoms with Crippen LogP contribution in [-0.4, -0.2) is 31.9 Å². The number of hydrogen-bond acceptors (Lipinski definition) is 5. The molecule has 0 bridgehead atoms. The highest BCUT2D eigenvalue weighted by molar-refractivity contribution is 7.89. The number of esters is 1. The minimum absolute atomic E-state index is 0.0185. The Kier molecular flexibility index (Phi) is 7.62. The van der Waals surface area contributed by atoms with Crippen molar-refractivity contribution < 1.29 is 22.7 Å². The van der Waals surface area contributed by atoms with Crippen LogP contribution in [0.4, 0.5) is 5.69 Å². The summed E-state index contributed by atoms with van der Waals surface area (Å²) >= 11 is 0. The molecule has 0 aromatic heterocycles. The Bertz CT molecular complexity index is 1020. The van der Waals surface area contributed by atoms with Gasteiger partial charge in [-0.25, -0.2) is 8.42 Å². The average molecular weight is 447 g/mol. The summed E-state index contributed by atoms with van der Waals surface area (Å²) in [6, 6.07) is 11.8. The van der Waals surface area contributed by atoms with Crippen LogP contribution in [0.15, 0.2) is 53.4 Å². The molecular weight excluding hydrogens is 416 g/mol. The fourth-order valence-corrected chi connectivity index (χ4v) is 4.02. The number of nitrogens with one attached hydrogen (secondary N) is 2. The molecule has 2 rings (SSSR count). The lowest BCUT2D eigenvalue weighted by Gasteiger charge is -2.26. The molecule has 2 aromatic carbocycles. The summed E-state index contributed by atoms with van der Waals surface area (Å²) in [6.45, 7) is 10.6. The average Bonchev–Trinajstić information content (AvgIpc) is 2.65. The molecule has 31 heavy (non-hydrogen) atoms. The molecule has 168 valence electrons. The van der Waals surface area contributed by atoms with E-state index in [-0.39, 0.29) is 16.7 Å². The van der Waals surface area contributed by atoms with Gasteiger partial charge in [0, 0.05) is 11.3 Å². The van der Waals surface area contributed by atoms with Crippen molar-refractivity contribution in [2.24, 2.45) is 5.92 Å². The number of anilines is 1. The molecule has 8 heteroatoms. The molecule has 0 saturated heterocycles. The minimum atomic E-state index is -3.97. The number of benzene rings is 2. The molecule has 0 radical (unpaired) electrons. The van der Waals surface area contributed by atoms with Crippen LogP contribution >= 0.6 is 0 Å². The van der Waals surface area contributed by atoms with E-state index < -0.39 is 27.6 Å². The molecule has 0 heterocycles. The Morgan fingerprint density at radius 3 is 1.97 bits per heavy atom. The van der Waals surface area contributed by atoms with Crippen LogP contribution in [0.5, 0.6) is 0 Å². The summed E-state index contributed by atoms with van der Waals surface area (Å²) in [6.07, 6.45) is 0. The largest absolute Gasteiger partial charge is 0.459 e. The molecule has 2 N–H and O–H groups in total. The lowest BCUT2D eigenvalue weighted by atomic mass is 10.1. The van der Waals surface area contributed by atoms with Gasteiger partial charge in [-0.2, -0.15) is 4.72 Å². The molecule has 0 spiro atoms. The summed E-state index contributed by atoms with van der Waals surface area (Å²) in [7, 11) is -3.97. The standard InChI is InChI=1S/C23H30N2O5S/c1-15(2)20(22(27)30-23(4,5)6)25-31(28,29)19-13-11-18(12-14-19)24-21(26)17-9-7-16(3)8-10-17/h7-15,20,25H,1-6H3,(H,24,26). The topological polar surface area (TPSA) is 102 Å². The minimum Gasteiger partial charge on any atom is -0.459 e. The predicted molar refractivity (Wildman–Crippen MR) is 120 cm³/mol. The van der Waals surface area contributed by atoms with Crippen molar-refractivity contribution in [2.45, 2.75) is 58.1 Å².